The van der Waals surface area contributed by atoms with E-state index in [1.807, 2.05) is 0 Å². The summed E-state index contributed by atoms with van der Waals surface area (Å²) < 4.78 is 6.52. The van der Waals surface area contributed by atoms with E-state index in [2.05, 4.69) is 52.8 Å². The van der Waals surface area contributed by atoms with E-state index in [1.54, 1.807) is 0 Å². The Balaban J connectivity index is 1.96. The van der Waals surface area contributed by atoms with Gasteiger partial charge in [-0.3, -0.25) is 0 Å². The first kappa shape index (κ1) is 18.8. The Morgan fingerprint density at radius 3 is 2.44 bits per heavy atom. The maximum atomic E-state index is 6.91. The molecule has 2 saturated carbocycles. The SMILES string of the molecule is CCC[C@]1(c2ccc(C)c(OC3(C)CC(C)C3)c2)CCCC[C@@]1(C)N. The standard InChI is InChI=1S/C23H37NO/c1-6-11-23(13-8-7-12-22(23,5)24)19-10-9-18(3)20(14-19)25-21(4)15-17(2)16-21/h9-10,14,17H,6-8,11-13,15-16,24H2,1-5H3/t17?,21?,22-,23-/m1/s1. The molecule has 2 heteroatoms. The van der Waals surface area contributed by atoms with Crippen LogP contribution in [-0.4, -0.2) is 11.1 Å². The van der Waals surface area contributed by atoms with Gasteiger partial charge in [0.15, 0.2) is 0 Å². The fraction of sp³-hybridized carbons (Fsp3) is 0.739. The molecule has 0 aliphatic heterocycles. The van der Waals surface area contributed by atoms with E-state index >= 15 is 0 Å². The van der Waals surface area contributed by atoms with E-state index in [1.165, 1.54) is 36.8 Å². The van der Waals surface area contributed by atoms with Crippen LogP contribution >= 0.6 is 0 Å². The lowest BCUT2D eigenvalue weighted by atomic mass is 9.57. The number of nitrogens with two attached hydrogens (primary N) is 1. The second-order valence-corrected chi connectivity index (χ2v) is 9.50. The number of rotatable bonds is 5. The van der Waals surface area contributed by atoms with Crippen LogP contribution in [0.15, 0.2) is 18.2 Å². The smallest absolute Gasteiger partial charge is 0.123 e. The third kappa shape index (κ3) is 3.35. The Kier molecular flexibility index (Phi) is 4.96. The Morgan fingerprint density at radius 1 is 1.16 bits per heavy atom. The van der Waals surface area contributed by atoms with Gasteiger partial charge in [0.2, 0.25) is 0 Å². The molecule has 2 nitrogen and oxygen atoms in total. The van der Waals surface area contributed by atoms with E-state index < -0.39 is 0 Å². The lowest BCUT2D eigenvalue weighted by Gasteiger charge is -2.51. The van der Waals surface area contributed by atoms with Crippen molar-refractivity contribution in [3.05, 3.63) is 29.3 Å². The van der Waals surface area contributed by atoms with E-state index in [0.717, 1.165) is 37.4 Å². The van der Waals surface area contributed by atoms with Gasteiger partial charge in [0.1, 0.15) is 11.4 Å². The topological polar surface area (TPSA) is 35.2 Å². The first-order valence-corrected chi connectivity index (χ1v) is 10.3. The van der Waals surface area contributed by atoms with Crippen molar-refractivity contribution in [2.24, 2.45) is 11.7 Å². The molecule has 2 atom stereocenters. The summed E-state index contributed by atoms with van der Waals surface area (Å²) in [5, 5.41) is 0. The maximum absolute atomic E-state index is 6.91. The number of hydrogen-bond acceptors (Lipinski definition) is 2. The van der Waals surface area contributed by atoms with Gasteiger partial charge in [-0.25, -0.2) is 0 Å². The highest BCUT2D eigenvalue weighted by Gasteiger charge is 2.48. The van der Waals surface area contributed by atoms with Crippen LogP contribution in [0.25, 0.3) is 0 Å². The molecule has 2 fully saturated rings. The number of hydrogen-bond donors (Lipinski definition) is 1. The molecule has 25 heavy (non-hydrogen) atoms. The quantitative estimate of drug-likeness (QED) is 0.723. The van der Waals surface area contributed by atoms with Gasteiger partial charge < -0.3 is 10.5 Å². The summed E-state index contributed by atoms with van der Waals surface area (Å²) in [6.07, 6.45) is 9.51. The van der Waals surface area contributed by atoms with E-state index in [4.69, 9.17) is 10.5 Å². The van der Waals surface area contributed by atoms with Crippen LogP contribution in [0.2, 0.25) is 0 Å². The van der Waals surface area contributed by atoms with Crippen LogP contribution < -0.4 is 10.5 Å². The zero-order chi connectivity index (χ0) is 18.3. The predicted molar refractivity (Wildman–Crippen MR) is 106 cm³/mol. The molecule has 2 N–H and O–H groups in total. The molecule has 1 aromatic rings. The molecule has 2 aliphatic carbocycles. The van der Waals surface area contributed by atoms with Gasteiger partial charge in [-0.2, -0.15) is 0 Å². The van der Waals surface area contributed by atoms with E-state index in [0.29, 0.717) is 0 Å². The van der Waals surface area contributed by atoms with E-state index in [-0.39, 0.29) is 16.6 Å². The van der Waals surface area contributed by atoms with Gasteiger partial charge in [0.05, 0.1) is 0 Å². The van der Waals surface area contributed by atoms with Gasteiger partial charge in [-0.05, 0) is 76.0 Å². The molecule has 0 spiro atoms. The third-order valence-electron chi connectivity index (χ3n) is 6.98. The normalized spacial score (nSPS) is 38.2. The summed E-state index contributed by atoms with van der Waals surface area (Å²) in [5.41, 5.74) is 9.51. The zero-order valence-electron chi connectivity index (χ0n) is 17.0. The average molecular weight is 344 g/mol. The molecular formula is C23H37NO. The second-order valence-electron chi connectivity index (χ2n) is 9.50. The highest BCUT2D eigenvalue weighted by atomic mass is 16.5. The van der Waals surface area contributed by atoms with Crippen molar-refractivity contribution in [2.75, 3.05) is 0 Å². The molecule has 3 rings (SSSR count). The molecule has 140 valence electrons. The Labute approximate surface area is 154 Å². The molecule has 0 heterocycles. The first-order valence-electron chi connectivity index (χ1n) is 10.3. The van der Waals surface area contributed by atoms with Crippen molar-refractivity contribution in [3.8, 4) is 5.75 Å². The molecule has 0 bridgehead atoms. The van der Waals surface area contributed by atoms with Gasteiger partial charge in [-0.15, -0.1) is 0 Å². The molecule has 0 aromatic heterocycles. The summed E-state index contributed by atoms with van der Waals surface area (Å²) >= 11 is 0. The molecule has 2 aliphatic rings. The summed E-state index contributed by atoms with van der Waals surface area (Å²) in [7, 11) is 0. The molecule has 0 amide bonds. The summed E-state index contributed by atoms with van der Waals surface area (Å²) in [6.45, 7) is 11.3. The minimum absolute atomic E-state index is 0.0132. The molecule has 0 saturated heterocycles. The Bertz CT molecular complexity index is 611. The molecule has 0 radical (unpaired) electrons. The van der Waals surface area contributed by atoms with Crippen molar-refractivity contribution in [1.29, 1.82) is 0 Å². The van der Waals surface area contributed by atoms with Gasteiger partial charge in [0.25, 0.3) is 0 Å². The van der Waals surface area contributed by atoms with Crippen molar-refractivity contribution < 1.29 is 4.74 Å². The fourth-order valence-electron chi connectivity index (χ4n) is 5.67. The van der Waals surface area contributed by atoms with Crippen LogP contribution in [0.5, 0.6) is 5.75 Å². The highest BCUT2D eigenvalue weighted by Crippen LogP contribution is 2.50. The highest BCUT2D eigenvalue weighted by molar-refractivity contribution is 5.42. The van der Waals surface area contributed by atoms with Gasteiger partial charge >= 0.3 is 0 Å². The van der Waals surface area contributed by atoms with Crippen LogP contribution in [0, 0.1) is 12.8 Å². The number of aryl methyl sites for hydroxylation is 1. The average Bonchev–Trinajstić information content (AvgIpc) is 2.50. The lowest BCUT2D eigenvalue weighted by molar-refractivity contribution is -0.0276. The molecule has 0 unspecified atom stereocenters. The second kappa shape index (κ2) is 6.61. The maximum Gasteiger partial charge on any atom is 0.123 e. The third-order valence-corrected chi connectivity index (χ3v) is 6.98. The molecule has 1 aromatic carbocycles. The Morgan fingerprint density at radius 2 is 1.84 bits per heavy atom. The van der Waals surface area contributed by atoms with Crippen molar-refractivity contribution in [2.45, 2.75) is 103 Å². The lowest BCUT2D eigenvalue weighted by Crippen LogP contribution is -2.58. The van der Waals surface area contributed by atoms with Gasteiger partial charge in [0, 0.05) is 11.0 Å². The number of benzene rings is 1. The van der Waals surface area contributed by atoms with Crippen LogP contribution in [0.3, 0.4) is 0 Å². The van der Waals surface area contributed by atoms with E-state index in [9.17, 15) is 0 Å². The van der Waals surface area contributed by atoms with Crippen molar-refractivity contribution >= 4 is 0 Å². The predicted octanol–water partition coefficient (Wildman–Crippen LogP) is 5.89. The van der Waals surface area contributed by atoms with Crippen molar-refractivity contribution in [3.63, 3.8) is 0 Å². The summed E-state index contributed by atoms with van der Waals surface area (Å²) in [4.78, 5) is 0. The van der Waals surface area contributed by atoms with Crippen LogP contribution in [-0.2, 0) is 5.41 Å². The fourth-order valence-corrected chi connectivity index (χ4v) is 5.67. The molecular weight excluding hydrogens is 306 g/mol. The summed E-state index contributed by atoms with van der Waals surface area (Å²) in [6, 6.07) is 6.90. The zero-order valence-corrected chi connectivity index (χ0v) is 17.0. The first-order chi connectivity index (χ1) is 11.7. The minimum Gasteiger partial charge on any atom is -0.487 e. The monoisotopic (exact) mass is 343 g/mol. The Hall–Kier alpha value is -1.02. The minimum atomic E-state index is -0.136. The van der Waals surface area contributed by atoms with Gasteiger partial charge in [-0.1, -0.05) is 45.2 Å². The van der Waals surface area contributed by atoms with Crippen LogP contribution in [0.4, 0.5) is 0 Å². The van der Waals surface area contributed by atoms with Crippen molar-refractivity contribution in [1.82, 2.24) is 0 Å². The largest absolute Gasteiger partial charge is 0.487 e. The van der Waals surface area contributed by atoms with Crippen LogP contribution in [0.1, 0.15) is 90.2 Å². The summed E-state index contributed by atoms with van der Waals surface area (Å²) in [5.74, 6) is 1.86. The number of ether oxygens (including phenoxy) is 1.